The van der Waals surface area contributed by atoms with Crippen LogP contribution in [-0.2, 0) is 6.42 Å². The standard InChI is InChI=1S/C16H16ClN3O2/c1-22-16-18-7-6-14(19-16)15(21)20-9-11(10-20)8-12-4-2-3-5-13(12)17/h2-7,11H,8-10H2,1H3. The summed E-state index contributed by atoms with van der Waals surface area (Å²) in [6.07, 6.45) is 2.41. The molecule has 0 spiro atoms. The number of hydrogen-bond donors (Lipinski definition) is 0. The SMILES string of the molecule is COc1nccc(C(=O)N2CC(Cc3ccccc3Cl)C2)n1. The Kier molecular flexibility index (Phi) is 4.24. The van der Waals surface area contributed by atoms with Gasteiger partial charge in [0.1, 0.15) is 5.69 Å². The lowest BCUT2D eigenvalue weighted by atomic mass is 9.92. The van der Waals surface area contributed by atoms with Gasteiger partial charge in [-0.05, 0) is 30.0 Å². The van der Waals surface area contributed by atoms with Gasteiger partial charge in [-0.1, -0.05) is 29.8 Å². The van der Waals surface area contributed by atoms with Gasteiger partial charge in [0.25, 0.3) is 5.91 Å². The molecular weight excluding hydrogens is 302 g/mol. The minimum Gasteiger partial charge on any atom is -0.467 e. The van der Waals surface area contributed by atoms with Crippen molar-refractivity contribution in [2.75, 3.05) is 20.2 Å². The number of nitrogens with zero attached hydrogens (tertiary/aromatic N) is 3. The summed E-state index contributed by atoms with van der Waals surface area (Å²) < 4.78 is 4.94. The van der Waals surface area contributed by atoms with Crippen LogP contribution in [-0.4, -0.2) is 41.0 Å². The van der Waals surface area contributed by atoms with Gasteiger partial charge in [-0.15, -0.1) is 0 Å². The number of methoxy groups -OCH3 is 1. The Hall–Kier alpha value is -2.14. The molecule has 2 heterocycles. The van der Waals surface area contributed by atoms with Crippen LogP contribution in [0.4, 0.5) is 0 Å². The molecule has 1 aliphatic heterocycles. The third-order valence-electron chi connectivity index (χ3n) is 3.75. The molecule has 0 atom stereocenters. The van der Waals surface area contributed by atoms with Crippen molar-refractivity contribution in [2.24, 2.45) is 5.92 Å². The smallest absolute Gasteiger partial charge is 0.316 e. The summed E-state index contributed by atoms with van der Waals surface area (Å²) in [7, 11) is 1.48. The molecule has 1 aliphatic rings. The van der Waals surface area contributed by atoms with E-state index in [1.807, 2.05) is 24.3 Å². The van der Waals surface area contributed by atoms with Crippen LogP contribution >= 0.6 is 11.6 Å². The monoisotopic (exact) mass is 317 g/mol. The molecule has 1 saturated heterocycles. The van der Waals surface area contributed by atoms with Gasteiger partial charge < -0.3 is 9.64 Å². The number of ether oxygens (including phenoxy) is 1. The van der Waals surface area contributed by atoms with Crippen LogP contribution < -0.4 is 4.74 Å². The first-order chi connectivity index (χ1) is 10.7. The molecule has 3 rings (SSSR count). The minimum absolute atomic E-state index is 0.0869. The summed E-state index contributed by atoms with van der Waals surface area (Å²) in [5, 5.41) is 0.785. The van der Waals surface area contributed by atoms with Gasteiger partial charge >= 0.3 is 6.01 Å². The summed E-state index contributed by atoms with van der Waals surface area (Å²) in [5.41, 5.74) is 1.49. The van der Waals surface area contributed by atoms with Gasteiger partial charge in [-0.2, -0.15) is 4.98 Å². The number of rotatable bonds is 4. The Labute approximate surface area is 133 Å². The summed E-state index contributed by atoms with van der Waals surface area (Å²) in [6, 6.07) is 9.64. The molecule has 1 fully saturated rings. The number of benzene rings is 1. The van der Waals surface area contributed by atoms with Crippen molar-refractivity contribution in [3.8, 4) is 6.01 Å². The highest BCUT2D eigenvalue weighted by Gasteiger charge is 2.32. The fourth-order valence-corrected chi connectivity index (χ4v) is 2.77. The lowest BCUT2D eigenvalue weighted by Gasteiger charge is -2.39. The fraction of sp³-hybridized carbons (Fsp3) is 0.312. The van der Waals surface area contributed by atoms with E-state index in [1.165, 1.54) is 13.3 Å². The molecule has 6 heteroatoms. The maximum Gasteiger partial charge on any atom is 0.316 e. The molecule has 0 bridgehead atoms. The molecule has 0 N–H and O–H groups in total. The molecule has 1 aromatic heterocycles. The first-order valence-corrected chi connectivity index (χ1v) is 7.45. The summed E-state index contributed by atoms with van der Waals surface area (Å²) in [6.45, 7) is 1.44. The average Bonchev–Trinajstić information content (AvgIpc) is 2.51. The quantitative estimate of drug-likeness (QED) is 0.869. The number of amides is 1. The molecule has 0 saturated carbocycles. The van der Waals surface area contributed by atoms with Gasteiger partial charge in [0.15, 0.2) is 0 Å². The van der Waals surface area contributed by atoms with E-state index in [-0.39, 0.29) is 11.9 Å². The molecule has 5 nitrogen and oxygen atoms in total. The molecule has 1 amide bonds. The maximum absolute atomic E-state index is 12.3. The zero-order valence-electron chi connectivity index (χ0n) is 12.2. The summed E-state index contributed by atoms with van der Waals surface area (Å²) in [4.78, 5) is 22.1. The lowest BCUT2D eigenvalue weighted by Crippen LogP contribution is -2.51. The van der Waals surface area contributed by atoms with E-state index in [9.17, 15) is 4.79 Å². The van der Waals surface area contributed by atoms with Crippen LogP contribution in [0.5, 0.6) is 6.01 Å². The average molecular weight is 318 g/mol. The second kappa shape index (κ2) is 6.32. The molecule has 1 aromatic carbocycles. The van der Waals surface area contributed by atoms with Gasteiger partial charge in [0, 0.05) is 24.3 Å². The van der Waals surface area contributed by atoms with Crippen molar-refractivity contribution in [1.29, 1.82) is 0 Å². The van der Waals surface area contributed by atoms with Crippen LogP contribution in [0.1, 0.15) is 16.1 Å². The highest BCUT2D eigenvalue weighted by atomic mass is 35.5. The Bertz CT molecular complexity index is 687. The molecule has 0 aliphatic carbocycles. The van der Waals surface area contributed by atoms with E-state index >= 15 is 0 Å². The van der Waals surface area contributed by atoms with E-state index in [2.05, 4.69) is 9.97 Å². The maximum atomic E-state index is 12.3. The molecule has 2 aromatic rings. The zero-order valence-corrected chi connectivity index (χ0v) is 13.0. The first kappa shape index (κ1) is 14.8. The number of likely N-dealkylation sites (tertiary alicyclic amines) is 1. The molecule has 22 heavy (non-hydrogen) atoms. The van der Waals surface area contributed by atoms with Crippen molar-refractivity contribution < 1.29 is 9.53 Å². The Morgan fingerprint density at radius 3 is 2.86 bits per heavy atom. The van der Waals surface area contributed by atoms with Crippen LogP contribution in [0.3, 0.4) is 0 Å². The fourth-order valence-electron chi connectivity index (χ4n) is 2.56. The second-order valence-electron chi connectivity index (χ2n) is 5.30. The van der Waals surface area contributed by atoms with Gasteiger partial charge in [-0.3, -0.25) is 4.79 Å². The number of carbonyl (C=O) groups excluding carboxylic acids is 1. The predicted molar refractivity (Wildman–Crippen MR) is 83.1 cm³/mol. The number of aromatic nitrogens is 2. The van der Waals surface area contributed by atoms with Crippen molar-refractivity contribution in [3.05, 3.63) is 52.8 Å². The molecule has 0 radical (unpaired) electrons. The largest absolute Gasteiger partial charge is 0.467 e. The topological polar surface area (TPSA) is 55.3 Å². The third kappa shape index (κ3) is 3.04. The number of hydrogen-bond acceptors (Lipinski definition) is 4. The van der Waals surface area contributed by atoms with E-state index in [0.717, 1.165) is 30.1 Å². The van der Waals surface area contributed by atoms with Gasteiger partial charge in [0.2, 0.25) is 0 Å². The second-order valence-corrected chi connectivity index (χ2v) is 5.71. The van der Waals surface area contributed by atoms with Crippen LogP contribution in [0.25, 0.3) is 0 Å². The van der Waals surface area contributed by atoms with Crippen LogP contribution in [0.2, 0.25) is 5.02 Å². The van der Waals surface area contributed by atoms with Gasteiger partial charge in [0.05, 0.1) is 7.11 Å². The van der Waals surface area contributed by atoms with E-state index in [1.54, 1.807) is 11.0 Å². The Morgan fingerprint density at radius 2 is 2.14 bits per heavy atom. The lowest BCUT2D eigenvalue weighted by molar-refractivity contribution is 0.0494. The van der Waals surface area contributed by atoms with Gasteiger partial charge in [-0.25, -0.2) is 4.98 Å². The number of halogens is 1. The number of carbonyl (C=O) groups is 1. The summed E-state index contributed by atoms with van der Waals surface area (Å²) >= 11 is 6.17. The molecule has 0 unspecified atom stereocenters. The van der Waals surface area contributed by atoms with E-state index in [0.29, 0.717) is 11.6 Å². The minimum atomic E-state index is -0.0869. The van der Waals surface area contributed by atoms with Crippen molar-refractivity contribution in [1.82, 2.24) is 14.9 Å². The molecule has 114 valence electrons. The van der Waals surface area contributed by atoms with Crippen molar-refractivity contribution in [2.45, 2.75) is 6.42 Å². The van der Waals surface area contributed by atoms with Crippen molar-refractivity contribution >= 4 is 17.5 Å². The van der Waals surface area contributed by atoms with Crippen LogP contribution in [0.15, 0.2) is 36.5 Å². The normalized spacial score (nSPS) is 14.5. The van der Waals surface area contributed by atoms with Crippen LogP contribution in [0, 0.1) is 5.92 Å². The summed E-state index contributed by atoms with van der Waals surface area (Å²) in [5.74, 6) is 0.351. The Balaban J connectivity index is 1.59. The van der Waals surface area contributed by atoms with E-state index in [4.69, 9.17) is 16.3 Å². The van der Waals surface area contributed by atoms with E-state index < -0.39 is 0 Å². The third-order valence-corrected chi connectivity index (χ3v) is 4.11. The zero-order chi connectivity index (χ0) is 15.5. The highest BCUT2D eigenvalue weighted by molar-refractivity contribution is 6.31. The predicted octanol–water partition coefficient (Wildman–Crippen LogP) is 2.45. The van der Waals surface area contributed by atoms with Crippen molar-refractivity contribution in [3.63, 3.8) is 0 Å². The molecular formula is C16H16ClN3O2. The Morgan fingerprint density at radius 1 is 1.36 bits per heavy atom. The highest BCUT2D eigenvalue weighted by Crippen LogP contribution is 2.25. The first-order valence-electron chi connectivity index (χ1n) is 7.07.